The summed E-state index contributed by atoms with van der Waals surface area (Å²) in [4.78, 5) is 24.1. The Labute approximate surface area is 123 Å². The third-order valence-corrected chi connectivity index (χ3v) is 5.17. The SMILES string of the molecule is Cc1cc(NC(=O)[C@@H]2C3CCC(CC3)[C@@H]2C(=O)O)nn1C. The van der Waals surface area contributed by atoms with Crippen molar-refractivity contribution in [3.63, 3.8) is 0 Å². The number of carboxylic acid groups (broad SMARTS) is 1. The second-order valence-electron chi connectivity index (χ2n) is 6.35. The zero-order chi connectivity index (χ0) is 15.1. The first-order chi connectivity index (χ1) is 9.97. The molecule has 3 saturated carbocycles. The average molecular weight is 291 g/mol. The summed E-state index contributed by atoms with van der Waals surface area (Å²) in [7, 11) is 1.81. The first kappa shape index (κ1) is 14.1. The van der Waals surface area contributed by atoms with Gasteiger partial charge in [0.1, 0.15) is 0 Å². The van der Waals surface area contributed by atoms with Crippen LogP contribution in [0.4, 0.5) is 5.82 Å². The second-order valence-corrected chi connectivity index (χ2v) is 6.35. The van der Waals surface area contributed by atoms with Gasteiger partial charge in [0, 0.05) is 18.8 Å². The molecule has 6 nitrogen and oxygen atoms in total. The molecule has 0 aliphatic heterocycles. The van der Waals surface area contributed by atoms with Gasteiger partial charge in [-0.25, -0.2) is 0 Å². The molecule has 1 amide bonds. The monoisotopic (exact) mass is 291 g/mol. The lowest BCUT2D eigenvalue weighted by molar-refractivity contribution is -0.156. The van der Waals surface area contributed by atoms with Crippen molar-refractivity contribution in [3.05, 3.63) is 11.8 Å². The molecule has 2 atom stereocenters. The van der Waals surface area contributed by atoms with Gasteiger partial charge in [-0.15, -0.1) is 0 Å². The van der Waals surface area contributed by atoms with Gasteiger partial charge in [0.25, 0.3) is 0 Å². The molecule has 0 spiro atoms. The highest BCUT2D eigenvalue weighted by atomic mass is 16.4. The topological polar surface area (TPSA) is 84.2 Å². The molecule has 1 aromatic rings. The Hall–Kier alpha value is -1.85. The number of fused-ring (bicyclic) bond motifs is 3. The van der Waals surface area contributed by atoms with Gasteiger partial charge in [-0.1, -0.05) is 0 Å². The smallest absolute Gasteiger partial charge is 0.307 e. The molecule has 0 aromatic carbocycles. The van der Waals surface area contributed by atoms with Crippen molar-refractivity contribution in [2.45, 2.75) is 32.6 Å². The third-order valence-electron chi connectivity index (χ3n) is 5.17. The first-order valence-corrected chi connectivity index (χ1v) is 7.51. The van der Waals surface area contributed by atoms with Crippen LogP contribution in [0.1, 0.15) is 31.4 Å². The summed E-state index contributed by atoms with van der Waals surface area (Å²) in [6.45, 7) is 1.91. The normalized spacial score (nSPS) is 31.1. The van der Waals surface area contributed by atoms with Crippen LogP contribution in [0.25, 0.3) is 0 Å². The van der Waals surface area contributed by atoms with E-state index < -0.39 is 17.8 Å². The number of anilines is 1. The van der Waals surface area contributed by atoms with Gasteiger partial charge in [-0.3, -0.25) is 14.3 Å². The molecule has 21 heavy (non-hydrogen) atoms. The highest BCUT2D eigenvalue weighted by Gasteiger charge is 2.50. The summed E-state index contributed by atoms with van der Waals surface area (Å²) < 4.78 is 1.69. The fourth-order valence-electron chi connectivity index (χ4n) is 4.01. The summed E-state index contributed by atoms with van der Waals surface area (Å²) in [5.41, 5.74) is 0.949. The van der Waals surface area contributed by atoms with Gasteiger partial charge >= 0.3 is 5.97 Å². The lowest BCUT2D eigenvalue weighted by Crippen LogP contribution is -2.49. The van der Waals surface area contributed by atoms with Crippen molar-refractivity contribution in [2.24, 2.45) is 30.7 Å². The van der Waals surface area contributed by atoms with E-state index in [-0.39, 0.29) is 17.7 Å². The van der Waals surface area contributed by atoms with Crippen LogP contribution in [0, 0.1) is 30.6 Å². The van der Waals surface area contributed by atoms with Crippen molar-refractivity contribution in [3.8, 4) is 0 Å². The summed E-state index contributed by atoms with van der Waals surface area (Å²) in [5.74, 6) is -1.13. The molecule has 1 heterocycles. The van der Waals surface area contributed by atoms with E-state index in [9.17, 15) is 14.7 Å². The number of aromatic nitrogens is 2. The van der Waals surface area contributed by atoms with E-state index in [1.165, 1.54) is 0 Å². The minimum absolute atomic E-state index is 0.147. The highest BCUT2D eigenvalue weighted by molar-refractivity contribution is 5.95. The molecule has 0 saturated heterocycles. The van der Waals surface area contributed by atoms with Gasteiger partial charge < -0.3 is 10.4 Å². The standard InChI is InChI=1S/C15H21N3O3/c1-8-7-11(17-18(8)2)16-14(19)12-9-3-5-10(6-4-9)13(12)15(20)21/h7,9-10,12-13H,3-6H2,1-2H3,(H,20,21)(H,16,17,19)/t9?,10?,12-,13+/m1/s1. The number of aryl methyl sites for hydroxylation is 2. The van der Waals surface area contributed by atoms with Crippen molar-refractivity contribution >= 4 is 17.7 Å². The van der Waals surface area contributed by atoms with Crippen molar-refractivity contribution < 1.29 is 14.7 Å². The van der Waals surface area contributed by atoms with E-state index >= 15 is 0 Å². The van der Waals surface area contributed by atoms with E-state index in [4.69, 9.17) is 0 Å². The number of hydrogen-bond donors (Lipinski definition) is 2. The Balaban J connectivity index is 1.80. The molecule has 0 unspecified atom stereocenters. The molecule has 2 bridgehead atoms. The number of hydrogen-bond acceptors (Lipinski definition) is 3. The largest absolute Gasteiger partial charge is 0.481 e. The lowest BCUT2D eigenvalue weighted by atomic mass is 9.58. The number of rotatable bonds is 3. The Bertz CT molecular complexity index is 553. The minimum atomic E-state index is -0.832. The number of amides is 1. The fourth-order valence-corrected chi connectivity index (χ4v) is 4.01. The number of aliphatic carboxylic acids is 1. The van der Waals surface area contributed by atoms with E-state index in [1.54, 1.807) is 10.7 Å². The molecule has 3 aliphatic rings. The predicted molar refractivity (Wildman–Crippen MR) is 76.6 cm³/mol. The molecule has 1 aromatic heterocycles. The van der Waals surface area contributed by atoms with Crippen LogP contribution in [0.3, 0.4) is 0 Å². The molecular formula is C15H21N3O3. The van der Waals surface area contributed by atoms with E-state index in [0.29, 0.717) is 5.82 Å². The van der Waals surface area contributed by atoms with Crippen LogP contribution in [0.15, 0.2) is 6.07 Å². The van der Waals surface area contributed by atoms with Crippen LogP contribution in [0.2, 0.25) is 0 Å². The number of carbonyl (C=O) groups is 2. The average Bonchev–Trinajstić information content (AvgIpc) is 2.77. The quantitative estimate of drug-likeness (QED) is 0.889. The number of nitrogens with one attached hydrogen (secondary N) is 1. The Morgan fingerprint density at radius 3 is 2.29 bits per heavy atom. The van der Waals surface area contributed by atoms with Crippen LogP contribution < -0.4 is 5.32 Å². The van der Waals surface area contributed by atoms with Gasteiger partial charge in [0.15, 0.2) is 5.82 Å². The predicted octanol–water partition coefficient (Wildman–Crippen LogP) is 1.80. The molecule has 0 radical (unpaired) electrons. The lowest BCUT2D eigenvalue weighted by Gasteiger charge is -2.45. The van der Waals surface area contributed by atoms with Gasteiger partial charge in [0.05, 0.1) is 11.8 Å². The minimum Gasteiger partial charge on any atom is -0.481 e. The number of carbonyl (C=O) groups excluding carboxylic acids is 1. The van der Waals surface area contributed by atoms with Crippen LogP contribution in [-0.4, -0.2) is 26.8 Å². The Morgan fingerprint density at radius 2 is 1.81 bits per heavy atom. The van der Waals surface area contributed by atoms with Crippen LogP contribution >= 0.6 is 0 Å². The van der Waals surface area contributed by atoms with E-state index in [2.05, 4.69) is 10.4 Å². The van der Waals surface area contributed by atoms with Crippen LogP contribution in [0.5, 0.6) is 0 Å². The van der Waals surface area contributed by atoms with Gasteiger partial charge in [-0.2, -0.15) is 5.10 Å². The summed E-state index contributed by atoms with van der Waals surface area (Å²) in [6.07, 6.45) is 3.81. The first-order valence-electron chi connectivity index (χ1n) is 7.51. The number of nitrogens with zero attached hydrogens (tertiary/aromatic N) is 2. The van der Waals surface area contributed by atoms with Crippen molar-refractivity contribution in [2.75, 3.05) is 5.32 Å². The number of carboxylic acids is 1. The zero-order valence-electron chi connectivity index (χ0n) is 12.4. The molecule has 4 rings (SSSR count). The fraction of sp³-hybridized carbons (Fsp3) is 0.667. The highest BCUT2D eigenvalue weighted by Crippen LogP contribution is 2.49. The summed E-state index contributed by atoms with van der Waals surface area (Å²) in [6, 6.07) is 1.80. The van der Waals surface area contributed by atoms with Crippen molar-refractivity contribution in [1.29, 1.82) is 0 Å². The summed E-state index contributed by atoms with van der Waals surface area (Å²) in [5, 5.41) is 16.5. The molecule has 3 aliphatic carbocycles. The maximum atomic E-state index is 12.6. The van der Waals surface area contributed by atoms with E-state index in [1.807, 2.05) is 14.0 Å². The second kappa shape index (κ2) is 5.16. The Morgan fingerprint density at radius 1 is 1.24 bits per heavy atom. The summed E-state index contributed by atoms with van der Waals surface area (Å²) >= 11 is 0. The van der Waals surface area contributed by atoms with Gasteiger partial charge in [0.2, 0.25) is 5.91 Å². The van der Waals surface area contributed by atoms with Crippen LogP contribution in [-0.2, 0) is 16.6 Å². The molecule has 2 N–H and O–H groups in total. The third kappa shape index (κ3) is 2.43. The molecule has 3 fully saturated rings. The maximum Gasteiger partial charge on any atom is 0.307 e. The Kier molecular flexibility index (Phi) is 3.47. The van der Waals surface area contributed by atoms with Crippen molar-refractivity contribution in [1.82, 2.24) is 9.78 Å². The molecular weight excluding hydrogens is 270 g/mol. The molecule has 6 heteroatoms. The van der Waals surface area contributed by atoms with Gasteiger partial charge in [-0.05, 0) is 44.4 Å². The zero-order valence-corrected chi connectivity index (χ0v) is 12.4. The van der Waals surface area contributed by atoms with E-state index in [0.717, 1.165) is 31.4 Å². The molecule has 114 valence electrons. The maximum absolute atomic E-state index is 12.6.